The van der Waals surface area contributed by atoms with Gasteiger partial charge in [-0.3, -0.25) is 0 Å². The highest BCUT2D eigenvalue weighted by molar-refractivity contribution is 7.98. The molecule has 196 valence electrons. The maximum Gasteiger partial charge on any atom is 0.223 e. The summed E-state index contributed by atoms with van der Waals surface area (Å²) in [7, 11) is 1.96. The molecular formula is C26H38FN7S2. The van der Waals surface area contributed by atoms with E-state index in [-0.39, 0.29) is 11.9 Å². The molecule has 1 fully saturated rings. The normalized spacial score (nSPS) is 14.0. The van der Waals surface area contributed by atoms with Crippen LogP contribution in [-0.2, 0) is 0 Å². The monoisotopic (exact) mass is 531 g/mol. The van der Waals surface area contributed by atoms with Gasteiger partial charge >= 0.3 is 0 Å². The highest BCUT2D eigenvalue weighted by atomic mass is 32.2. The summed E-state index contributed by atoms with van der Waals surface area (Å²) in [4.78, 5) is 15.0. The molecule has 3 heterocycles. The van der Waals surface area contributed by atoms with E-state index in [1.165, 1.54) is 12.1 Å². The van der Waals surface area contributed by atoms with E-state index in [1.807, 2.05) is 51.2 Å². The predicted octanol–water partition coefficient (Wildman–Crippen LogP) is 6.65. The smallest absolute Gasteiger partial charge is 0.223 e. The van der Waals surface area contributed by atoms with Gasteiger partial charge in [0.25, 0.3) is 0 Å². The molecular weight excluding hydrogens is 493 g/mol. The zero-order valence-electron chi connectivity index (χ0n) is 22.1. The van der Waals surface area contributed by atoms with Crippen LogP contribution in [0.4, 0.5) is 16.0 Å². The summed E-state index contributed by atoms with van der Waals surface area (Å²) in [6, 6.07) is 7.51. The number of anilines is 2. The maximum atomic E-state index is 15.7. The third-order valence-electron chi connectivity index (χ3n) is 5.65. The zero-order valence-corrected chi connectivity index (χ0v) is 23.7. The third kappa shape index (κ3) is 7.15. The van der Waals surface area contributed by atoms with Crippen molar-refractivity contribution in [3.63, 3.8) is 0 Å². The van der Waals surface area contributed by atoms with E-state index in [1.54, 1.807) is 29.7 Å². The Kier molecular flexibility index (Phi) is 10.9. The fraction of sp³-hybridized carbons (Fsp3) is 0.500. The fourth-order valence-electron chi connectivity index (χ4n) is 3.73. The number of nitrogens with one attached hydrogen (secondary N) is 3. The predicted molar refractivity (Wildman–Crippen MR) is 153 cm³/mol. The van der Waals surface area contributed by atoms with Crippen LogP contribution in [0.5, 0.6) is 0 Å². The van der Waals surface area contributed by atoms with Crippen molar-refractivity contribution < 1.29 is 4.39 Å². The lowest BCUT2D eigenvalue weighted by atomic mass is 9.99. The van der Waals surface area contributed by atoms with Gasteiger partial charge < -0.3 is 15.4 Å². The number of hydrogen-bond donors (Lipinski definition) is 3. The van der Waals surface area contributed by atoms with Crippen molar-refractivity contribution in [1.29, 1.82) is 0 Å². The first-order chi connectivity index (χ1) is 17.5. The van der Waals surface area contributed by atoms with E-state index in [4.69, 9.17) is 9.97 Å². The molecule has 2 aromatic heterocycles. The quantitative estimate of drug-likeness (QED) is 0.265. The number of nitrogens with zero attached hydrogens (tertiary/aromatic N) is 4. The molecule has 1 aliphatic rings. The van der Waals surface area contributed by atoms with Crippen LogP contribution in [0.25, 0.3) is 21.8 Å². The van der Waals surface area contributed by atoms with E-state index in [9.17, 15) is 0 Å². The molecule has 0 amide bonds. The zero-order chi connectivity index (χ0) is 26.1. The van der Waals surface area contributed by atoms with Gasteiger partial charge in [0.1, 0.15) is 0 Å². The minimum Gasteiger partial charge on any atom is -0.352 e. The Morgan fingerprint density at radius 3 is 2.64 bits per heavy atom. The average Bonchev–Trinajstić information content (AvgIpc) is 3.35. The van der Waals surface area contributed by atoms with Crippen molar-refractivity contribution in [1.82, 2.24) is 24.6 Å². The maximum absolute atomic E-state index is 15.7. The first kappa shape index (κ1) is 28.3. The standard InChI is InChI=1S/C24H32FN7S2.C2H6/c1-5-32(4)34-31-18-8-6-7-17(20(18)25)21-22(19-11-14-27-24(29-19)28-15(2)3)33-23(30-21)16-9-12-26-13-10-16;1-2/h6-8,11,14-16,26,31H,5,9-10,12-13H2,1-4H3,(H,27,28,29);1-2H3. The van der Waals surface area contributed by atoms with E-state index < -0.39 is 0 Å². The second-order valence-electron chi connectivity index (χ2n) is 8.62. The Balaban J connectivity index is 0.00000176. The fourth-order valence-corrected chi connectivity index (χ4v) is 5.49. The van der Waals surface area contributed by atoms with Gasteiger partial charge in [-0.2, -0.15) is 0 Å². The van der Waals surface area contributed by atoms with E-state index in [0.29, 0.717) is 28.8 Å². The van der Waals surface area contributed by atoms with Gasteiger partial charge in [0.05, 0.1) is 27.0 Å². The van der Waals surface area contributed by atoms with Gasteiger partial charge in [0.2, 0.25) is 5.95 Å². The second-order valence-corrected chi connectivity index (χ2v) is 10.7. The molecule has 10 heteroatoms. The van der Waals surface area contributed by atoms with Gasteiger partial charge in [-0.05, 0) is 65.0 Å². The van der Waals surface area contributed by atoms with E-state index in [0.717, 1.165) is 48.1 Å². The number of rotatable bonds is 9. The van der Waals surface area contributed by atoms with Crippen LogP contribution < -0.4 is 15.4 Å². The summed E-state index contributed by atoms with van der Waals surface area (Å²) >= 11 is 2.99. The molecule has 0 unspecified atom stereocenters. The van der Waals surface area contributed by atoms with Crippen LogP contribution in [0.2, 0.25) is 0 Å². The van der Waals surface area contributed by atoms with Crippen molar-refractivity contribution in [2.24, 2.45) is 0 Å². The van der Waals surface area contributed by atoms with Gasteiger partial charge in [0.15, 0.2) is 5.82 Å². The molecule has 0 atom stereocenters. The number of benzene rings is 1. The Morgan fingerprint density at radius 1 is 1.19 bits per heavy atom. The largest absolute Gasteiger partial charge is 0.352 e. The van der Waals surface area contributed by atoms with Crippen LogP contribution in [-0.4, -0.2) is 52.0 Å². The molecule has 3 N–H and O–H groups in total. The average molecular weight is 532 g/mol. The third-order valence-corrected chi connectivity index (χ3v) is 7.77. The topological polar surface area (TPSA) is 78.0 Å². The van der Waals surface area contributed by atoms with Gasteiger partial charge in [-0.25, -0.2) is 23.6 Å². The van der Waals surface area contributed by atoms with Crippen molar-refractivity contribution in [3.05, 3.63) is 41.3 Å². The molecule has 1 aliphatic heterocycles. The molecule has 36 heavy (non-hydrogen) atoms. The summed E-state index contributed by atoms with van der Waals surface area (Å²) in [5.41, 5.74) is 2.31. The molecule has 4 rings (SSSR count). The van der Waals surface area contributed by atoms with Crippen LogP contribution in [0, 0.1) is 5.82 Å². The Hall–Kier alpha value is -2.27. The van der Waals surface area contributed by atoms with Gasteiger partial charge in [-0.1, -0.05) is 26.8 Å². The lowest BCUT2D eigenvalue weighted by Crippen LogP contribution is -2.26. The summed E-state index contributed by atoms with van der Waals surface area (Å²) in [5.74, 6) is 0.620. The SMILES string of the molecule is CC.CCN(C)SNc1cccc(-c2nc(C3CCNCC3)sc2-c2ccnc(NC(C)C)n2)c1F. The molecule has 1 aromatic carbocycles. The molecule has 1 saturated heterocycles. The Bertz CT molecular complexity index is 1100. The molecule has 0 saturated carbocycles. The molecule has 3 aromatic rings. The lowest BCUT2D eigenvalue weighted by molar-refractivity contribution is 0.459. The Labute approximate surface area is 223 Å². The first-order valence-electron chi connectivity index (χ1n) is 12.7. The molecule has 0 bridgehead atoms. The van der Waals surface area contributed by atoms with Crippen LogP contribution in [0.1, 0.15) is 58.4 Å². The van der Waals surface area contributed by atoms with Crippen LogP contribution in [0.3, 0.4) is 0 Å². The van der Waals surface area contributed by atoms with Crippen molar-refractivity contribution in [2.45, 2.75) is 59.4 Å². The molecule has 0 radical (unpaired) electrons. The summed E-state index contributed by atoms with van der Waals surface area (Å²) < 4.78 is 20.9. The highest BCUT2D eigenvalue weighted by Crippen LogP contribution is 2.42. The van der Waals surface area contributed by atoms with Crippen molar-refractivity contribution in [3.8, 4) is 21.8 Å². The van der Waals surface area contributed by atoms with Gasteiger partial charge in [0, 0.05) is 42.4 Å². The summed E-state index contributed by atoms with van der Waals surface area (Å²) in [6.07, 6.45) is 3.80. The lowest BCUT2D eigenvalue weighted by Gasteiger charge is -2.20. The summed E-state index contributed by atoms with van der Waals surface area (Å²) in [6.45, 7) is 12.9. The molecule has 0 aliphatic carbocycles. The van der Waals surface area contributed by atoms with E-state index in [2.05, 4.69) is 27.3 Å². The minimum atomic E-state index is -0.308. The van der Waals surface area contributed by atoms with Crippen molar-refractivity contribution >= 4 is 35.1 Å². The summed E-state index contributed by atoms with van der Waals surface area (Å²) in [5, 5.41) is 7.72. The van der Waals surface area contributed by atoms with E-state index >= 15 is 4.39 Å². The molecule has 7 nitrogen and oxygen atoms in total. The number of hydrogen-bond acceptors (Lipinski definition) is 9. The van der Waals surface area contributed by atoms with Crippen LogP contribution in [0.15, 0.2) is 30.5 Å². The highest BCUT2D eigenvalue weighted by Gasteiger charge is 2.25. The number of halogens is 1. The van der Waals surface area contributed by atoms with Crippen LogP contribution >= 0.6 is 23.5 Å². The minimum absolute atomic E-state index is 0.209. The number of aromatic nitrogens is 3. The number of thiazole rings is 1. The number of piperidine rings is 1. The Morgan fingerprint density at radius 2 is 1.94 bits per heavy atom. The van der Waals surface area contributed by atoms with Crippen molar-refractivity contribution in [2.75, 3.05) is 36.7 Å². The first-order valence-corrected chi connectivity index (χ1v) is 14.3. The molecule has 0 spiro atoms. The van der Waals surface area contributed by atoms with Gasteiger partial charge in [-0.15, -0.1) is 11.3 Å². The second kappa shape index (κ2) is 13.9.